The summed E-state index contributed by atoms with van der Waals surface area (Å²) in [5.41, 5.74) is 4.81. The van der Waals surface area contributed by atoms with Gasteiger partial charge in [0.25, 0.3) is 5.91 Å². The normalized spacial score (nSPS) is 15.4. The summed E-state index contributed by atoms with van der Waals surface area (Å²) in [5, 5.41) is 12.3. The topological polar surface area (TPSA) is 85.1 Å². The largest absolute Gasteiger partial charge is 0.461 e. The van der Waals surface area contributed by atoms with Gasteiger partial charge in [-0.1, -0.05) is 53.2 Å². The van der Waals surface area contributed by atoms with Crippen molar-refractivity contribution in [2.75, 3.05) is 11.9 Å². The number of esters is 1. The Morgan fingerprint density at radius 2 is 2.03 bits per heavy atom. The van der Waals surface area contributed by atoms with Gasteiger partial charge in [0.2, 0.25) is 6.17 Å². The quantitative estimate of drug-likeness (QED) is 0.202. The van der Waals surface area contributed by atoms with Crippen molar-refractivity contribution in [1.29, 1.82) is 0 Å². The zero-order valence-electron chi connectivity index (χ0n) is 18.7. The molecule has 7 nitrogen and oxygen atoms in total. The number of carbonyl (C=O) groups is 2. The molecule has 0 saturated carbocycles. The molecule has 0 bridgehead atoms. The molecule has 176 valence electrons. The van der Waals surface area contributed by atoms with Gasteiger partial charge in [-0.15, -0.1) is 0 Å². The summed E-state index contributed by atoms with van der Waals surface area (Å²) in [6.45, 7) is 4.29. The molecule has 0 radical (unpaired) electrons. The molecule has 11 heteroatoms. The maximum absolute atomic E-state index is 13.4. The molecular weight excluding hydrogens is 513 g/mol. The van der Waals surface area contributed by atoms with E-state index in [-0.39, 0.29) is 12.0 Å². The Morgan fingerprint density at radius 3 is 2.74 bits per heavy atom. The van der Waals surface area contributed by atoms with Crippen LogP contribution in [0, 0.1) is 6.92 Å². The number of carbonyl (C=O) groups excluding carboxylic acids is 2. The molecule has 1 aromatic heterocycles. The Bertz CT molecular complexity index is 1290. The minimum absolute atomic E-state index is 0.185. The molecule has 1 aliphatic rings. The lowest BCUT2D eigenvalue weighted by Crippen LogP contribution is -2.25. The molecule has 2 heterocycles. The molecule has 4 rings (SSSR count). The lowest BCUT2D eigenvalue weighted by molar-refractivity contribution is -0.119. The lowest BCUT2D eigenvalue weighted by Gasteiger charge is -2.16. The second kappa shape index (κ2) is 10.5. The number of fused-ring (bicyclic) bond motifs is 3. The van der Waals surface area contributed by atoms with E-state index in [2.05, 4.69) is 15.5 Å². The highest BCUT2D eigenvalue weighted by Crippen LogP contribution is 2.53. The SMILES string of the molecule is CCOC(=O)c1pc(P(Cl)Cl)c2n1[C@@H](N=Nc1cccc(CC)c1)C(=O)Nc1ccc(C)cc1-2. The van der Waals surface area contributed by atoms with Crippen molar-refractivity contribution in [3.8, 4) is 11.3 Å². The molecule has 1 N–H and O–H groups in total. The van der Waals surface area contributed by atoms with E-state index in [9.17, 15) is 9.59 Å². The van der Waals surface area contributed by atoms with Gasteiger partial charge < -0.3 is 10.1 Å². The summed E-state index contributed by atoms with van der Waals surface area (Å²) in [6, 6.07) is 13.3. The van der Waals surface area contributed by atoms with Crippen molar-refractivity contribution >= 4 is 65.6 Å². The number of amides is 1. The monoisotopic (exact) mass is 534 g/mol. The third kappa shape index (κ3) is 4.89. The first-order chi connectivity index (χ1) is 16.3. The highest BCUT2D eigenvalue weighted by molar-refractivity contribution is 8.11. The van der Waals surface area contributed by atoms with Crippen LogP contribution < -0.4 is 10.4 Å². The number of nitrogens with zero attached hydrogens (tertiary/aromatic N) is 3. The van der Waals surface area contributed by atoms with Crippen LogP contribution in [0.15, 0.2) is 52.7 Å². The van der Waals surface area contributed by atoms with Crippen molar-refractivity contribution in [3.63, 3.8) is 0 Å². The van der Waals surface area contributed by atoms with Gasteiger partial charge in [-0.3, -0.25) is 9.36 Å². The van der Waals surface area contributed by atoms with Crippen molar-refractivity contribution in [1.82, 2.24) is 4.57 Å². The number of azo groups is 1. The first-order valence-corrected chi connectivity index (χ1v) is 14.7. The number of aromatic nitrogens is 1. The lowest BCUT2D eigenvalue weighted by atomic mass is 10.1. The van der Waals surface area contributed by atoms with Gasteiger partial charge in [0, 0.05) is 5.56 Å². The summed E-state index contributed by atoms with van der Waals surface area (Å²) in [5.74, 6) is -0.985. The zero-order valence-corrected chi connectivity index (χ0v) is 22.1. The predicted octanol–water partition coefficient (Wildman–Crippen LogP) is 7.43. The van der Waals surface area contributed by atoms with E-state index in [0.717, 1.165) is 23.1 Å². The first kappa shape index (κ1) is 24.8. The number of hydrogen-bond acceptors (Lipinski definition) is 5. The van der Waals surface area contributed by atoms with Crippen LogP contribution in [0.5, 0.6) is 0 Å². The second-order valence-electron chi connectivity index (χ2n) is 7.58. The van der Waals surface area contributed by atoms with Crippen molar-refractivity contribution in [2.45, 2.75) is 33.4 Å². The molecule has 1 aliphatic heterocycles. The number of benzene rings is 2. The predicted molar refractivity (Wildman–Crippen MR) is 139 cm³/mol. The fraction of sp³-hybridized carbons (Fsp3) is 0.261. The van der Waals surface area contributed by atoms with Gasteiger partial charge in [-0.25, -0.2) is 4.79 Å². The van der Waals surface area contributed by atoms with Gasteiger partial charge in [-0.2, -0.15) is 10.2 Å². The number of rotatable bonds is 6. The fourth-order valence-corrected chi connectivity index (χ4v) is 6.85. The Labute approximate surface area is 210 Å². The maximum atomic E-state index is 13.4. The standard InChI is InChI=1S/C23H22Cl2N4O3P2/c1-4-14-7-6-8-15(12-14)27-28-19-20(30)26-17-10-9-13(3)11-16(17)18-23(34(24)25)33-21(29(18)19)22(31)32-5-2/h6-12,19H,4-5H2,1-3H3,(H,26,30)/t19-/m1/s1. The average Bonchev–Trinajstić information content (AvgIpc) is 3.16. The maximum Gasteiger partial charge on any atom is 0.359 e. The highest BCUT2D eigenvalue weighted by atomic mass is 35.9. The molecule has 0 aliphatic carbocycles. The molecule has 34 heavy (non-hydrogen) atoms. The second-order valence-corrected chi connectivity index (χ2v) is 12.5. The molecule has 0 fully saturated rings. The van der Waals surface area contributed by atoms with E-state index < -0.39 is 24.7 Å². The molecule has 0 unspecified atom stereocenters. The molecule has 0 spiro atoms. The Morgan fingerprint density at radius 1 is 1.24 bits per heavy atom. The minimum Gasteiger partial charge on any atom is -0.461 e. The molecule has 3 aromatic rings. The summed E-state index contributed by atoms with van der Waals surface area (Å²) in [7, 11) is 0.486. The van der Waals surface area contributed by atoms with E-state index in [1.807, 2.05) is 56.3 Å². The smallest absolute Gasteiger partial charge is 0.359 e. The van der Waals surface area contributed by atoms with E-state index in [1.165, 1.54) is 0 Å². The van der Waals surface area contributed by atoms with Crippen LogP contribution in [0.3, 0.4) is 0 Å². The van der Waals surface area contributed by atoms with Gasteiger partial charge in [0.15, 0.2) is 5.43 Å². The van der Waals surface area contributed by atoms with Crippen LogP contribution in [0.25, 0.3) is 11.3 Å². The van der Waals surface area contributed by atoms with E-state index >= 15 is 0 Å². The number of hydrogen-bond donors (Lipinski definition) is 1. The van der Waals surface area contributed by atoms with Crippen LogP contribution in [0.4, 0.5) is 11.4 Å². The van der Waals surface area contributed by atoms with E-state index in [4.69, 9.17) is 27.2 Å². The van der Waals surface area contributed by atoms with Crippen molar-refractivity contribution < 1.29 is 14.3 Å². The zero-order chi connectivity index (χ0) is 24.4. The average molecular weight is 535 g/mol. The van der Waals surface area contributed by atoms with Gasteiger partial charge in [0.05, 0.1) is 28.7 Å². The summed E-state index contributed by atoms with van der Waals surface area (Å²) >= 11 is 12.8. The molecule has 1 atom stereocenters. The van der Waals surface area contributed by atoms with Gasteiger partial charge in [0.1, 0.15) is 6.63 Å². The number of ether oxygens (including phenoxy) is 1. The number of anilines is 1. The van der Waals surface area contributed by atoms with Crippen LogP contribution in [0.1, 0.15) is 41.4 Å². The number of nitrogens with one attached hydrogen (secondary N) is 1. The number of aryl methyl sites for hydroxylation is 2. The van der Waals surface area contributed by atoms with Crippen LogP contribution in [0.2, 0.25) is 0 Å². The van der Waals surface area contributed by atoms with Crippen molar-refractivity contribution in [3.05, 3.63) is 59.0 Å². The third-order valence-corrected chi connectivity index (χ3v) is 9.47. The van der Waals surface area contributed by atoms with E-state index in [1.54, 1.807) is 11.5 Å². The summed E-state index contributed by atoms with van der Waals surface area (Å²) in [6.07, 6.45) is -0.306. The molecule has 2 aromatic carbocycles. The van der Waals surface area contributed by atoms with E-state index in [0.29, 0.717) is 30.3 Å². The van der Waals surface area contributed by atoms with Gasteiger partial charge in [-0.05, 0) is 58.3 Å². The fourth-order valence-electron chi connectivity index (χ4n) is 3.71. The Balaban J connectivity index is 1.96. The molecule has 0 saturated heterocycles. The Hall–Kier alpha value is -2.30. The minimum atomic E-state index is -1.61. The van der Waals surface area contributed by atoms with Crippen LogP contribution in [-0.4, -0.2) is 23.1 Å². The molecular formula is C23H22Cl2N4O3P2. The van der Waals surface area contributed by atoms with Crippen LogP contribution in [-0.2, 0) is 16.0 Å². The summed E-state index contributed by atoms with van der Waals surface area (Å²) < 4.78 is 6.87. The Kier molecular flexibility index (Phi) is 7.69. The van der Waals surface area contributed by atoms with Crippen molar-refractivity contribution in [2.24, 2.45) is 10.2 Å². The van der Waals surface area contributed by atoms with Crippen LogP contribution >= 0.6 is 37.3 Å². The summed E-state index contributed by atoms with van der Waals surface area (Å²) in [4.78, 5) is 26.3. The first-order valence-electron chi connectivity index (χ1n) is 10.7. The van der Waals surface area contributed by atoms with Gasteiger partial charge >= 0.3 is 5.97 Å². The molecule has 1 amide bonds. The number of halogens is 2. The highest BCUT2D eigenvalue weighted by Gasteiger charge is 2.37. The third-order valence-electron chi connectivity index (χ3n) is 5.28.